The van der Waals surface area contributed by atoms with Gasteiger partial charge >= 0.3 is 0 Å². The number of halogens is 1. The van der Waals surface area contributed by atoms with E-state index in [0.29, 0.717) is 19.5 Å². The average Bonchev–Trinajstić information content (AvgIpc) is 3.44. The summed E-state index contributed by atoms with van der Waals surface area (Å²) in [6.07, 6.45) is 6.80. The number of imide groups is 1. The number of hydrogen-bond acceptors (Lipinski definition) is 5. The second-order valence-electron chi connectivity index (χ2n) is 7.72. The zero-order chi connectivity index (χ0) is 19.7. The molecule has 1 aromatic heterocycles. The molecule has 2 bridgehead atoms. The van der Waals surface area contributed by atoms with Crippen molar-refractivity contribution in [1.29, 1.82) is 0 Å². The summed E-state index contributed by atoms with van der Waals surface area (Å²) < 4.78 is 0. The molecular weight excluding hydrogens is 501 g/mol. The highest BCUT2D eigenvalue weighted by molar-refractivity contribution is 14.0. The highest BCUT2D eigenvalue weighted by Gasteiger charge is 2.58. The molecule has 9 heteroatoms. The Kier molecular flexibility index (Phi) is 7.31. The predicted molar refractivity (Wildman–Crippen MR) is 124 cm³/mol. The van der Waals surface area contributed by atoms with Crippen LogP contribution in [-0.2, 0) is 16.0 Å². The van der Waals surface area contributed by atoms with E-state index in [1.807, 2.05) is 6.92 Å². The summed E-state index contributed by atoms with van der Waals surface area (Å²) in [7, 11) is 1.74. The highest BCUT2D eigenvalue weighted by atomic mass is 127. The molecule has 0 aromatic carbocycles. The molecule has 4 rings (SSSR count). The summed E-state index contributed by atoms with van der Waals surface area (Å²) in [4.78, 5) is 35.5. The second-order valence-corrected chi connectivity index (χ2v) is 8.78. The van der Waals surface area contributed by atoms with Gasteiger partial charge in [0, 0.05) is 38.5 Å². The number of hydrogen-bond donors (Lipinski definition) is 2. The number of aromatic nitrogens is 1. The molecule has 158 valence electrons. The number of carbonyl (C=O) groups is 2. The summed E-state index contributed by atoms with van der Waals surface area (Å²) in [5.41, 5.74) is 1.09. The molecule has 7 nitrogen and oxygen atoms in total. The molecular formula is C20H28IN5O2S. The fourth-order valence-corrected chi connectivity index (χ4v) is 5.33. The number of aliphatic imine (C=N–C) groups is 1. The standard InChI is InChI=1S/C20H27N5O2S.HI/c1-12-24-15(11-28-12)6-8-23-20(21-2)22-7-3-9-25-18(26)16-13-4-5-14(10-13)17(16)19(25)27;/h4-5,11,13-14,16-17H,3,6-10H2,1-2H3,(H2,21,22,23);1H. The summed E-state index contributed by atoms with van der Waals surface area (Å²) in [6, 6.07) is 0. The maximum absolute atomic E-state index is 12.7. The number of nitrogens with zero attached hydrogens (tertiary/aromatic N) is 3. The zero-order valence-electron chi connectivity index (χ0n) is 16.8. The third kappa shape index (κ3) is 4.50. The van der Waals surface area contributed by atoms with E-state index in [1.54, 1.807) is 18.4 Å². The SMILES string of the molecule is CN=C(NCCCN1C(=O)C2C3C=CC(C3)C2C1=O)NCCc1csc(C)n1.I. The van der Waals surface area contributed by atoms with Crippen LogP contribution in [0.4, 0.5) is 0 Å². The summed E-state index contributed by atoms with van der Waals surface area (Å²) >= 11 is 1.66. The molecule has 2 amide bonds. The van der Waals surface area contributed by atoms with E-state index in [4.69, 9.17) is 0 Å². The van der Waals surface area contributed by atoms with E-state index in [-0.39, 0.29) is 59.5 Å². The maximum atomic E-state index is 12.7. The Morgan fingerprint density at radius 1 is 1.21 bits per heavy atom. The molecule has 0 spiro atoms. The van der Waals surface area contributed by atoms with Crippen molar-refractivity contribution in [3.05, 3.63) is 28.2 Å². The lowest BCUT2D eigenvalue weighted by atomic mass is 9.85. The number of nitrogens with one attached hydrogen (secondary N) is 2. The van der Waals surface area contributed by atoms with Crippen molar-refractivity contribution >= 4 is 53.1 Å². The van der Waals surface area contributed by atoms with Gasteiger partial charge in [0.1, 0.15) is 0 Å². The Balaban J connectivity index is 0.00000240. The number of fused-ring (bicyclic) bond motifs is 5. The lowest BCUT2D eigenvalue weighted by Gasteiger charge is -2.18. The van der Waals surface area contributed by atoms with E-state index < -0.39 is 0 Å². The fraction of sp³-hybridized carbons (Fsp3) is 0.600. The smallest absolute Gasteiger partial charge is 0.233 e. The molecule has 2 fully saturated rings. The lowest BCUT2D eigenvalue weighted by molar-refractivity contribution is -0.140. The van der Waals surface area contributed by atoms with Crippen LogP contribution >= 0.6 is 35.3 Å². The number of allylic oxidation sites excluding steroid dienone is 2. The molecule has 4 atom stereocenters. The molecule has 3 aliphatic rings. The van der Waals surface area contributed by atoms with Crippen molar-refractivity contribution < 1.29 is 9.59 Å². The van der Waals surface area contributed by atoms with Crippen molar-refractivity contribution in [3.63, 3.8) is 0 Å². The van der Waals surface area contributed by atoms with E-state index >= 15 is 0 Å². The first kappa shape index (κ1) is 22.2. The van der Waals surface area contributed by atoms with Crippen LogP contribution < -0.4 is 10.6 Å². The largest absolute Gasteiger partial charge is 0.356 e. The normalized spacial score (nSPS) is 27.4. The Hall–Kier alpha value is -1.49. The number of aryl methyl sites for hydroxylation is 1. The van der Waals surface area contributed by atoms with Crippen LogP contribution in [0, 0.1) is 30.6 Å². The Labute approximate surface area is 192 Å². The maximum Gasteiger partial charge on any atom is 0.233 e. The van der Waals surface area contributed by atoms with E-state index in [1.165, 1.54) is 4.90 Å². The van der Waals surface area contributed by atoms with Gasteiger partial charge in [-0.2, -0.15) is 0 Å². The van der Waals surface area contributed by atoms with Crippen molar-refractivity contribution in [1.82, 2.24) is 20.5 Å². The third-order valence-corrected chi connectivity index (χ3v) is 6.80. The van der Waals surface area contributed by atoms with Gasteiger partial charge in [0.2, 0.25) is 11.8 Å². The van der Waals surface area contributed by atoms with Gasteiger partial charge in [0.15, 0.2) is 5.96 Å². The minimum atomic E-state index is -0.0979. The topological polar surface area (TPSA) is 86.7 Å². The van der Waals surface area contributed by atoms with Gasteiger partial charge in [-0.1, -0.05) is 12.2 Å². The molecule has 2 N–H and O–H groups in total. The quantitative estimate of drug-likeness (QED) is 0.141. The molecule has 4 unspecified atom stereocenters. The molecule has 2 aliphatic carbocycles. The summed E-state index contributed by atoms with van der Waals surface area (Å²) in [5.74, 6) is 1.16. The average molecular weight is 529 g/mol. The van der Waals surface area contributed by atoms with Gasteiger partial charge < -0.3 is 10.6 Å². The van der Waals surface area contributed by atoms with Crippen LogP contribution in [0.5, 0.6) is 0 Å². The van der Waals surface area contributed by atoms with Crippen molar-refractivity contribution in [2.45, 2.75) is 26.2 Å². The molecule has 1 saturated heterocycles. The molecule has 1 aromatic rings. The molecule has 29 heavy (non-hydrogen) atoms. The summed E-state index contributed by atoms with van der Waals surface area (Å²) in [6.45, 7) is 3.90. The summed E-state index contributed by atoms with van der Waals surface area (Å²) in [5, 5.41) is 9.69. The van der Waals surface area contributed by atoms with Crippen molar-refractivity contribution in [2.24, 2.45) is 28.7 Å². The highest BCUT2D eigenvalue weighted by Crippen LogP contribution is 2.52. The lowest BCUT2D eigenvalue weighted by Crippen LogP contribution is -2.40. The number of thiazole rings is 1. The molecule has 1 saturated carbocycles. The number of carbonyl (C=O) groups excluding carboxylic acids is 2. The Morgan fingerprint density at radius 3 is 2.45 bits per heavy atom. The third-order valence-electron chi connectivity index (χ3n) is 5.98. The van der Waals surface area contributed by atoms with Crippen LogP contribution in [0.3, 0.4) is 0 Å². The van der Waals surface area contributed by atoms with Gasteiger partial charge in [-0.15, -0.1) is 35.3 Å². The Morgan fingerprint density at radius 2 is 1.86 bits per heavy atom. The Bertz CT molecular complexity index is 794. The van der Waals surface area contributed by atoms with E-state index in [0.717, 1.165) is 36.0 Å². The van der Waals surface area contributed by atoms with Crippen molar-refractivity contribution in [3.8, 4) is 0 Å². The van der Waals surface area contributed by atoms with E-state index in [9.17, 15) is 9.59 Å². The number of amides is 2. The molecule has 0 radical (unpaired) electrons. The monoisotopic (exact) mass is 529 g/mol. The number of likely N-dealkylation sites (tertiary alicyclic amines) is 1. The predicted octanol–water partition coefficient (Wildman–Crippen LogP) is 1.97. The number of rotatable bonds is 7. The first-order valence-electron chi connectivity index (χ1n) is 9.97. The van der Waals surface area contributed by atoms with Crippen molar-refractivity contribution in [2.75, 3.05) is 26.7 Å². The van der Waals surface area contributed by atoms with Gasteiger partial charge in [-0.25, -0.2) is 4.98 Å². The molecule has 2 heterocycles. The van der Waals surface area contributed by atoms with Gasteiger partial charge in [0.25, 0.3) is 0 Å². The van der Waals surface area contributed by atoms with Gasteiger partial charge in [0.05, 0.1) is 22.5 Å². The first-order chi connectivity index (χ1) is 13.6. The minimum absolute atomic E-state index is 0. The van der Waals surface area contributed by atoms with Crippen LogP contribution in [-0.4, -0.2) is 54.3 Å². The number of guanidine groups is 1. The second kappa shape index (κ2) is 9.55. The first-order valence-corrected chi connectivity index (χ1v) is 10.9. The fourth-order valence-electron chi connectivity index (χ4n) is 4.68. The van der Waals surface area contributed by atoms with Crippen LogP contribution in [0.2, 0.25) is 0 Å². The zero-order valence-corrected chi connectivity index (χ0v) is 19.9. The van der Waals surface area contributed by atoms with Crippen LogP contribution in [0.15, 0.2) is 22.5 Å². The van der Waals surface area contributed by atoms with Gasteiger partial charge in [-0.05, 0) is 31.6 Å². The minimum Gasteiger partial charge on any atom is -0.356 e. The molecule has 1 aliphatic heterocycles. The van der Waals surface area contributed by atoms with Gasteiger partial charge in [-0.3, -0.25) is 19.5 Å². The van der Waals surface area contributed by atoms with Crippen LogP contribution in [0.25, 0.3) is 0 Å². The van der Waals surface area contributed by atoms with E-state index in [2.05, 4.69) is 38.1 Å². The van der Waals surface area contributed by atoms with Crippen LogP contribution in [0.1, 0.15) is 23.5 Å².